The number of amides is 1. The van der Waals surface area contributed by atoms with Crippen molar-refractivity contribution >= 4 is 11.9 Å². The quantitative estimate of drug-likeness (QED) is 0.860. The summed E-state index contributed by atoms with van der Waals surface area (Å²) in [5.74, 6) is -0.513. The molecule has 1 aliphatic carbocycles. The van der Waals surface area contributed by atoms with Crippen LogP contribution in [-0.2, 0) is 15.9 Å². The van der Waals surface area contributed by atoms with Gasteiger partial charge >= 0.3 is 0 Å². The van der Waals surface area contributed by atoms with Gasteiger partial charge in [-0.1, -0.05) is 36.4 Å². The normalized spacial score (nSPS) is 25.8. The molecule has 4 rings (SSSR count). The van der Waals surface area contributed by atoms with Crippen molar-refractivity contribution in [2.75, 3.05) is 7.05 Å². The number of rotatable bonds is 3. The highest BCUT2D eigenvalue weighted by atomic mass is 16.2. The SMILES string of the molecule is CN1C(=O)[C@H](c2ccc(C3(N)CC3)cc2)[C@@](C)(c2cccc(C#N)c2)N=C1N. The molecule has 1 fully saturated rings. The second-order valence-corrected chi connectivity index (χ2v) is 7.92. The van der Waals surface area contributed by atoms with Gasteiger partial charge in [-0.3, -0.25) is 9.69 Å². The molecule has 142 valence electrons. The van der Waals surface area contributed by atoms with E-state index in [4.69, 9.17) is 16.5 Å². The van der Waals surface area contributed by atoms with E-state index in [9.17, 15) is 10.1 Å². The van der Waals surface area contributed by atoms with Crippen LogP contribution in [0.2, 0.25) is 0 Å². The molecule has 0 radical (unpaired) electrons. The van der Waals surface area contributed by atoms with Gasteiger partial charge in [-0.15, -0.1) is 0 Å². The first-order valence-electron chi connectivity index (χ1n) is 9.31. The Morgan fingerprint density at radius 3 is 2.46 bits per heavy atom. The number of guanidine groups is 1. The Morgan fingerprint density at radius 2 is 1.86 bits per heavy atom. The zero-order valence-corrected chi connectivity index (χ0v) is 16.0. The van der Waals surface area contributed by atoms with Crippen LogP contribution in [-0.4, -0.2) is 23.8 Å². The zero-order chi connectivity index (χ0) is 20.1. The summed E-state index contributed by atoms with van der Waals surface area (Å²) in [4.78, 5) is 19.3. The molecule has 2 atom stereocenters. The van der Waals surface area contributed by atoms with Crippen molar-refractivity contribution in [3.8, 4) is 6.07 Å². The number of carbonyl (C=O) groups is 1. The van der Waals surface area contributed by atoms with E-state index < -0.39 is 11.5 Å². The lowest BCUT2D eigenvalue weighted by Crippen LogP contribution is -2.52. The van der Waals surface area contributed by atoms with Gasteiger partial charge in [-0.2, -0.15) is 5.26 Å². The number of hydrogen-bond acceptors (Lipinski definition) is 5. The standard InChI is InChI=1S/C22H23N5O/c1-21(17-5-3-4-14(12-17)13-23)18(19(28)27(2)20(24)26-21)15-6-8-16(9-7-15)22(25)10-11-22/h3-9,12,18H,10-11,25H2,1-2H3,(H2,24,26)/t18-,21+/m0/s1. The molecule has 2 aromatic carbocycles. The van der Waals surface area contributed by atoms with Gasteiger partial charge in [0.05, 0.1) is 17.6 Å². The molecule has 28 heavy (non-hydrogen) atoms. The van der Waals surface area contributed by atoms with Gasteiger partial charge in [0.25, 0.3) is 0 Å². The molecule has 0 aromatic heterocycles. The Balaban J connectivity index is 1.84. The zero-order valence-electron chi connectivity index (χ0n) is 16.0. The molecular formula is C22H23N5O. The van der Waals surface area contributed by atoms with Gasteiger partial charge < -0.3 is 11.5 Å². The van der Waals surface area contributed by atoms with Crippen LogP contribution in [0.1, 0.15) is 47.9 Å². The Bertz CT molecular complexity index is 1020. The highest BCUT2D eigenvalue weighted by Crippen LogP contribution is 2.46. The monoisotopic (exact) mass is 373 g/mol. The lowest BCUT2D eigenvalue weighted by atomic mass is 9.74. The Morgan fingerprint density at radius 1 is 1.18 bits per heavy atom. The fourth-order valence-electron chi connectivity index (χ4n) is 3.96. The van der Waals surface area contributed by atoms with Gasteiger partial charge in [0.2, 0.25) is 5.91 Å². The van der Waals surface area contributed by atoms with Crippen molar-refractivity contribution in [3.05, 3.63) is 70.8 Å². The molecule has 6 heteroatoms. The number of nitrogens with two attached hydrogens (primary N) is 2. The number of aliphatic imine (C=N–C) groups is 1. The maximum absolute atomic E-state index is 13.2. The molecule has 0 unspecified atom stereocenters. The predicted octanol–water partition coefficient (Wildman–Crippen LogP) is 2.29. The molecule has 2 aliphatic rings. The summed E-state index contributed by atoms with van der Waals surface area (Å²) in [5.41, 5.74) is 14.5. The van der Waals surface area contributed by atoms with Crippen molar-refractivity contribution in [1.82, 2.24) is 4.90 Å². The number of nitrogens with zero attached hydrogens (tertiary/aromatic N) is 3. The van der Waals surface area contributed by atoms with E-state index in [-0.39, 0.29) is 17.4 Å². The molecule has 2 aromatic rings. The highest BCUT2D eigenvalue weighted by Gasteiger charge is 2.47. The molecule has 0 saturated heterocycles. The third-order valence-corrected chi connectivity index (χ3v) is 6.01. The van der Waals surface area contributed by atoms with Crippen LogP contribution in [0.5, 0.6) is 0 Å². The number of nitriles is 1. The largest absolute Gasteiger partial charge is 0.369 e. The average Bonchev–Trinajstić information content (AvgIpc) is 3.45. The molecule has 1 heterocycles. The predicted molar refractivity (Wildman–Crippen MR) is 107 cm³/mol. The summed E-state index contributed by atoms with van der Waals surface area (Å²) in [7, 11) is 1.63. The van der Waals surface area contributed by atoms with Crippen LogP contribution in [0, 0.1) is 11.3 Å². The maximum Gasteiger partial charge on any atom is 0.239 e. The van der Waals surface area contributed by atoms with Crippen LogP contribution >= 0.6 is 0 Å². The molecule has 6 nitrogen and oxygen atoms in total. The topological polar surface area (TPSA) is 108 Å². The van der Waals surface area contributed by atoms with Gasteiger partial charge in [0.1, 0.15) is 5.54 Å². The van der Waals surface area contributed by atoms with E-state index in [0.29, 0.717) is 5.56 Å². The molecular weight excluding hydrogens is 350 g/mol. The first kappa shape index (κ1) is 18.2. The first-order valence-corrected chi connectivity index (χ1v) is 9.31. The molecule has 1 aliphatic heterocycles. The van der Waals surface area contributed by atoms with Crippen molar-refractivity contribution in [1.29, 1.82) is 5.26 Å². The van der Waals surface area contributed by atoms with Crippen LogP contribution in [0.25, 0.3) is 0 Å². The van der Waals surface area contributed by atoms with Crippen molar-refractivity contribution in [2.45, 2.75) is 36.8 Å². The molecule has 0 spiro atoms. The molecule has 4 N–H and O–H groups in total. The minimum atomic E-state index is -0.915. The van der Waals surface area contributed by atoms with E-state index in [2.05, 4.69) is 6.07 Å². The fraction of sp³-hybridized carbons (Fsp3) is 0.318. The smallest absolute Gasteiger partial charge is 0.239 e. The lowest BCUT2D eigenvalue weighted by molar-refractivity contribution is -0.130. The van der Waals surface area contributed by atoms with E-state index in [0.717, 1.165) is 29.5 Å². The summed E-state index contributed by atoms with van der Waals surface area (Å²) >= 11 is 0. The van der Waals surface area contributed by atoms with Gasteiger partial charge in [0.15, 0.2) is 5.96 Å². The number of benzene rings is 2. The summed E-state index contributed by atoms with van der Waals surface area (Å²) in [6, 6.07) is 17.3. The third kappa shape index (κ3) is 2.76. The fourth-order valence-corrected chi connectivity index (χ4v) is 3.96. The molecule has 1 amide bonds. The summed E-state index contributed by atoms with van der Waals surface area (Å²) in [5, 5.41) is 9.29. The van der Waals surface area contributed by atoms with Gasteiger partial charge in [-0.05, 0) is 48.6 Å². The summed E-state index contributed by atoms with van der Waals surface area (Å²) in [6.07, 6.45) is 1.97. The lowest BCUT2D eigenvalue weighted by Gasteiger charge is -2.41. The van der Waals surface area contributed by atoms with Crippen LogP contribution in [0.15, 0.2) is 53.5 Å². The average molecular weight is 373 g/mol. The minimum Gasteiger partial charge on any atom is -0.369 e. The van der Waals surface area contributed by atoms with E-state index in [1.54, 1.807) is 25.2 Å². The number of hydrogen-bond donors (Lipinski definition) is 2. The van der Waals surface area contributed by atoms with Crippen LogP contribution in [0.4, 0.5) is 0 Å². The maximum atomic E-state index is 13.2. The van der Waals surface area contributed by atoms with E-state index >= 15 is 0 Å². The van der Waals surface area contributed by atoms with Crippen LogP contribution < -0.4 is 11.5 Å². The summed E-state index contributed by atoms with van der Waals surface area (Å²) in [6.45, 7) is 1.89. The molecule has 1 saturated carbocycles. The van der Waals surface area contributed by atoms with Crippen molar-refractivity contribution < 1.29 is 4.79 Å². The number of carbonyl (C=O) groups excluding carboxylic acids is 1. The second-order valence-electron chi connectivity index (χ2n) is 7.92. The first-order chi connectivity index (χ1) is 13.3. The number of likely N-dealkylation sites (N-methyl/N-ethyl adjacent to an activating group) is 1. The molecule has 0 bridgehead atoms. The van der Waals surface area contributed by atoms with E-state index in [1.165, 1.54) is 4.90 Å². The van der Waals surface area contributed by atoms with Crippen molar-refractivity contribution in [3.63, 3.8) is 0 Å². The van der Waals surface area contributed by atoms with Gasteiger partial charge in [-0.25, -0.2) is 4.99 Å². The van der Waals surface area contributed by atoms with Gasteiger partial charge in [0, 0.05) is 12.6 Å². The van der Waals surface area contributed by atoms with Crippen molar-refractivity contribution in [2.24, 2.45) is 16.5 Å². The highest BCUT2D eigenvalue weighted by molar-refractivity contribution is 6.02. The Labute approximate surface area is 164 Å². The third-order valence-electron chi connectivity index (χ3n) is 6.01. The summed E-state index contributed by atoms with van der Waals surface area (Å²) < 4.78 is 0. The Kier molecular flexibility index (Phi) is 4.02. The Hall–Kier alpha value is -3.17. The second kappa shape index (κ2) is 6.18. The minimum absolute atomic E-state index is 0.126. The van der Waals surface area contributed by atoms with E-state index in [1.807, 2.05) is 37.3 Å². The van der Waals surface area contributed by atoms with Crippen LogP contribution in [0.3, 0.4) is 0 Å².